The summed E-state index contributed by atoms with van der Waals surface area (Å²) in [7, 11) is 0. The van der Waals surface area contributed by atoms with Crippen LogP contribution in [0.25, 0.3) is 0 Å². The van der Waals surface area contributed by atoms with E-state index in [0.717, 1.165) is 12.0 Å². The van der Waals surface area contributed by atoms with Crippen LogP contribution in [0.5, 0.6) is 0 Å². The highest BCUT2D eigenvalue weighted by molar-refractivity contribution is 5.91. The Balaban J connectivity index is 2.84. The largest absolute Gasteiger partial charge is 0.461 e. The van der Waals surface area contributed by atoms with E-state index in [-0.39, 0.29) is 11.8 Å². The molecule has 17 heavy (non-hydrogen) atoms. The molecule has 1 N–H and O–H groups in total. The molecule has 1 aliphatic heterocycles. The van der Waals surface area contributed by atoms with Crippen LogP contribution in [0.15, 0.2) is 11.3 Å². The molecule has 0 aromatic carbocycles. The highest BCUT2D eigenvalue weighted by atomic mass is 16.5. The van der Waals surface area contributed by atoms with Gasteiger partial charge in [0.1, 0.15) is 5.70 Å². The lowest BCUT2D eigenvalue weighted by Crippen LogP contribution is -2.28. The van der Waals surface area contributed by atoms with Crippen molar-refractivity contribution in [1.82, 2.24) is 5.32 Å². The fraction of sp³-hybridized carbons (Fsp3) is 0.667. The van der Waals surface area contributed by atoms with E-state index in [4.69, 9.17) is 9.47 Å². The summed E-state index contributed by atoms with van der Waals surface area (Å²) in [5, 5.41) is 2.45. The van der Waals surface area contributed by atoms with Crippen LogP contribution < -0.4 is 5.32 Å². The van der Waals surface area contributed by atoms with Gasteiger partial charge in [0, 0.05) is 0 Å². The van der Waals surface area contributed by atoms with E-state index < -0.39 is 5.97 Å². The number of rotatable bonds is 5. The van der Waals surface area contributed by atoms with Crippen LogP contribution in [-0.4, -0.2) is 31.7 Å². The normalized spacial score (nSPS) is 22.8. The molecule has 1 fully saturated rings. The molecule has 0 unspecified atom stereocenters. The molecule has 5 heteroatoms. The summed E-state index contributed by atoms with van der Waals surface area (Å²) >= 11 is 0. The third-order valence-corrected chi connectivity index (χ3v) is 2.72. The van der Waals surface area contributed by atoms with E-state index in [1.54, 1.807) is 6.92 Å². The fourth-order valence-corrected chi connectivity index (χ4v) is 1.84. The summed E-state index contributed by atoms with van der Waals surface area (Å²) in [6.07, 6.45) is 2.85. The average molecular weight is 241 g/mol. The first-order chi connectivity index (χ1) is 8.22. The third-order valence-electron chi connectivity index (χ3n) is 2.72. The summed E-state index contributed by atoms with van der Waals surface area (Å²) in [6.45, 7) is 4.64. The molecule has 0 aliphatic carbocycles. The Morgan fingerprint density at radius 3 is 2.94 bits per heavy atom. The van der Waals surface area contributed by atoms with Gasteiger partial charge in [-0.05, 0) is 31.8 Å². The van der Waals surface area contributed by atoms with Crippen LogP contribution in [0.1, 0.15) is 33.1 Å². The fourth-order valence-electron chi connectivity index (χ4n) is 1.84. The summed E-state index contributed by atoms with van der Waals surface area (Å²) in [6, 6.07) is 0. The van der Waals surface area contributed by atoms with Crippen LogP contribution in [0.2, 0.25) is 0 Å². The Bertz CT molecular complexity index is 312. The minimum Gasteiger partial charge on any atom is -0.461 e. The Hall–Kier alpha value is -1.36. The van der Waals surface area contributed by atoms with Crippen molar-refractivity contribution >= 4 is 12.4 Å². The Morgan fingerprint density at radius 2 is 2.35 bits per heavy atom. The molecule has 1 atom stereocenters. The van der Waals surface area contributed by atoms with Crippen LogP contribution in [0, 0.1) is 0 Å². The molecule has 0 radical (unpaired) electrons. The van der Waals surface area contributed by atoms with Gasteiger partial charge < -0.3 is 14.8 Å². The number of hydrogen-bond acceptors (Lipinski definition) is 4. The second-order valence-corrected chi connectivity index (χ2v) is 3.82. The molecule has 0 spiro atoms. The molecule has 96 valence electrons. The second-order valence-electron chi connectivity index (χ2n) is 3.82. The van der Waals surface area contributed by atoms with E-state index in [2.05, 4.69) is 5.32 Å². The molecule has 1 saturated heterocycles. The molecule has 0 aromatic heterocycles. The number of amides is 1. The van der Waals surface area contributed by atoms with Crippen molar-refractivity contribution < 1.29 is 19.1 Å². The zero-order chi connectivity index (χ0) is 12.7. The monoisotopic (exact) mass is 241 g/mol. The average Bonchev–Trinajstić information content (AvgIpc) is 2.36. The smallest absolute Gasteiger partial charge is 0.354 e. The van der Waals surface area contributed by atoms with Crippen LogP contribution in [-0.2, 0) is 19.1 Å². The maximum atomic E-state index is 11.7. The maximum Gasteiger partial charge on any atom is 0.354 e. The quantitative estimate of drug-likeness (QED) is 0.445. The van der Waals surface area contributed by atoms with E-state index in [0.29, 0.717) is 32.5 Å². The van der Waals surface area contributed by atoms with Gasteiger partial charge in [0.2, 0.25) is 6.41 Å². The Kier molecular flexibility index (Phi) is 5.69. The highest BCUT2D eigenvalue weighted by Crippen LogP contribution is 2.23. The van der Waals surface area contributed by atoms with Crippen molar-refractivity contribution in [2.45, 2.75) is 39.2 Å². The third kappa shape index (κ3) is 3.85. The Labute approximate surface area is 101 Å². The summed E-state index contributed by atoms with van der Waals surface area (Å²) in [4.78, 5) is 22.2. The zero-order valence-corrected chi connectivity index (χ0v) is 10.3. The number of carbonyl (C=O) groups excluding carboxylic acids is 2. The lowest BCUT2D eigenvalue weighted by Gasteiger charge is -2.25. The Morgan fingerprint density at radius 1 is 1.59 bits per heavy atom. The van der Waals surface area contributed by atoms with E-state index in [9.17, 15) is 9.59 Å². The summed E-state index contributed by atoms with van der Waals surface area (Å²) in [5.41, 5.74) is 1.19. The van der Waals surface area contributed by atoms with E-state index >= 15 is 0 Å². The first-order valence-corrected chi connectivity index (χ1v) is 5.93. The first-order valence-electron chi connectivity index (χ1n) is 5.93. The molecule has 5 nitrogen and oxygen atoms in total. The van der Waals surface area contributed by atoms with Gasteiger partial charge in [0.25, 0.3) is 0 Å². The minimum atomic E-state index is -0.466. The molecule has 1 aliphatic rings. The van der Waals surface area contributed by atoms with Gasteiger partial charge in [-0.1, -0.05) is 6.92 Å². The minimum absolute atomic E-state index is 0.122. The zero-order valence-electron chi connectivity index (χ0n) is 10.3. The van der Waals surface area contributed by atoms with Crippen molar-refractivity contribution in [3.63, 3.8) is 0 Å². The summed E-state index contributed by atoms with van der Waals surface area (Å²) in [5.74, 6) is -0.466. The lowest BCUT2D eigenvalue weighted by molar-refractivity contribution is -0.139. The molecule has 0 bridgehead atoms. The standard InChI is InChI=1S/C12H19NO4/c1-3-10-7-9(5-6-17-10)11(13-8-14)12(15)16-4-2/h8,10H,3-7H2,1-2H3,(H,13,14)/b11-9-/t10-/m1/s1. The topological polar surface area (TPSA) is 64.6 Å². The molecule has 1 heterocycles. The van der Waals surface area contributed by atoms with Gasteiger partial charge in [0.05, 0.1) is 19.3 Å². The molecular weight excluding hydrogens is 222 g/mol. The molecule has 0 aromatic rings. The highest BCUT2D eigenvalue weighted by Gasteiger charge is 2.23. The van der Waals surface area contributed by atoms with Gasteiger partial charge in [-0.3, -0.25) is 4.79 Å². The van der Waals surface area contributed by atoms with Crippen molar-refractivity contribution in [3.05, 3.63) is 11.3 Å². The van der Waals surface area contributed by atoms with Crippen LogP contribution in [0.3, 0.4) is 0 Å². The van der Waals surface area contributed by atoms with E-state index in [1.165, 1.54) is 0 Å². The summed E-state index contributed by atoms with van der Waals surface area (Å²) < 4.78 is 10.4. The van der Waals surface area contributed by atoms with Gasteiger partial charge in [-0.25, -0.2) is 4.79 Å². The molecular formula is C12H19NO4. The second kappa shape index (κ2) is 7.06. The molecule has 1 amide bonds. The number of nitrogens with one attached hydrogen (secondary N) is 1. The lowest BCUT2D eigenvalue weighted by atomic mass is 9.98. The van der Waals surface area contributed by atoms with Crippen LogP contribution >= 0.6 is 0 Å². The maximum absolute atomic E-state index is 11.7. The van der Waals surface area contributed by atoms with Gasteiger partial charge in [-0.2, -0.15) is 0 Å². The van der Waals surface area contributed by atoms with E-state index in [1.807, 2.05) is 6.92 Å². The van der Waals surface area contributed by atoms with Gasteiger partial charge >= 0.3 is 5.97 Å². The van der Waals surface area contributed by atoms with Crippen LogP contribution in [0.4, 0.5) is 0 Å². The SMILES string of the molecule is CCOC(=O)/C(NC=O)=C1\CCO[C@H](CC)C1. The van der Waals surface area contributed by atoms with Crippen molar-refractivity contribution in [2.24, 2.45) is 0 Å². The van der Waals surface area contributed by atoms with Crippen molar-refractivity contribution in [3.8, 4) is 0 Å². The first kappa shape index (κ1) is 13.7. The van der Waals surface area contributed by atoms with Crippen molar-refractivity contribution in [2.75, 3.05) is 13.2 Å². The van der Waals surface area contributed by atoms with Crippen molar-refractivity contribution in [1.29, 1.82) is 0 Å². The number of ether oxygens (including phenoxy) is 2. The molecule has 1 rings (SSSR count). The number of hydrogen-bond donors (Lipinski definition) is 1. The molecule has 0 saturated carbocycles. The number of esters is 1. The van der Waals surface area contributed by atoms with Gasteiger partial charge in [-0.15, -0.1) is 0 Å². The van der Waals surface area contributed by atoms with Gasteiger partial charge in [0.15, 0.2) is 0 Å². The predicted molar refractivity (Wildman–Crippen MR) is 62.1 cm³/mol. The predicted octanol–water partition coefficient (Wildman–Crippen LogP) is 1.14. The number of carbonyl (C=O) groups is 2.